The van der Waals surface area contributed by atoms with Crippen LogP contribution < -0.4 is 4.74 Å². The fourth-order valence-corrected chi connectivity index (χ4v) is 6.47. The Morgan fingerprint density at radius 1 is 1.04 bits per heavy atom. The van der Waals surface area contributed by atoms with Gasteiger partial charge in [-0.15, -0.1) is 0 Å². The van der Waals surface area contributed by atoms with E-state index in [4.69, 9.17) is 4.74 Å². The van der Waals surface area contributed by atoms with Gasteiger partial charge in [-0.1, -0.05) is 25.1 Å². The summed E-state index contributed by atoms with van der Waals surface area (Å²) in [7, 11) is 0. The molecular weight excluding hydrogens is 583 g/mol. The molecule has 1 saturated heterocycles. The standard InChI is InChI=1S/C34H38F3N5O3/c1-3-40-12-14-41(15-13-40)20-25-5-4-23(16-30(25)34(35,36)37)17-32(44)42-11-9-24-6-7-27(19-28(24)22(42)2)45-31-8-10-38-33-29(31)18-26(21-43)39-33/h4-8,10,16,18-19,22,43H,3,9,11-15,17,20-21H2,1-2H3,(H,38,39)/t22-/m0/s1. The van der Waals surface area contributed by atoms with E-state index in [0.717, 1.165) is 55.3 Å². The van der Waals surface area contributed by atoms with Crippen LogP contribution in [0.5, 0.6) is 11.5 Å². The molecule has 1 atom stereocenters. The first-order chi connectivity index (χ1) is 21.6. The lowest BCUT2D eigenvalue weighted by Gasteiger charge is -2.36. The fraction of sp³-hybridized carbons (Fsp3) is 0.412. The fourth-order valence-electron chi connectivity index (χ4n) is 6.47. The molecule has 8 nitrogen and oxygen atoms in total. The number of carbonyl (C=O) groups is 1. The summed E-state index contributed by atoms with van der Waals surface area (Å²) in [6, 6.07) is 13.4. The summed E-state index contributed by atoms with van der Waals surface area (Å²) in [5.74, 6) is 0.964. The van der Waals surface area contributed by atoms with Crippen LogP contribution in [-0.4, -0.2) is 74.9 Å². The van der Waals surface area contributed by atoms with Gasteiger partial charge in [0, 0.05) is 51.2 Å². The maximum Gasteiger partial charge on any atom is 0.416 e. The molecule has 0 aliphatic carbocycles. The third-order valence-corrected chi connectivity index (χ3v) is 9.06. The normalized spacial score (nSPS) is 17.9. The molecule has 11 heteroatoms. The van der Waals surface area contributed by atoms with E-state index in [1.165, 1.54) is 0 Å². The number of rotatable bonds is 8. The number of aliphatic hydroxyl groups excluding tert-OH is 1. The molecule has 4 heterocycles. The predicted octanol–water partition coefficient (Wildman–Crippen LogP) is 5.69. The van der Waals surface area contributed by atoms with Gasteiger partial charge in [-0.3, -0.25) is 9.69 Å². The van der Waals surface area contributed by atoms with Gasteiger partial charge < -0.3 is 24.6 Å². The number of aromatic amines is 1. The average Bonchev–Trinajstić information content (AvgIpc) is 3.47. The smallest absolute Gasteiger partial charge is 0.416 e. The lowest BCUT2D eigenvalue weighted by Crippen LogP contribution is -2.45. The van der Waals surface area contributed by atoms with Crippen LogP contribution in [-0.2, 0) is 37.0 Å². The number of likely N-dealkylation sites (N-methyl/N-ethyl adjacent to an activating group) is 1. The van der Waals surface area contributed by atoms with Gasteiger partial charge in [0.15, 0.2) is 0 Å². The molecular formula is C34H38F3N5O3. The summed E-state index contributed by atoms with van der Waals surface area (Å²) in [4.78, 5) is 27.0. The Kier molecular flexibility index (Phi) is 8.85. The Morgan fingerprint density at radius 2 is 1.82 bits per heavy atom. The van der Waals surface area contributed by atoms with Gasteiger partial charge in [0.1, 0.15) is 17.1 Å². The Bertz CT molecular complexity index is 1680. The molecule has 1 amide bonds. The highest BCUT2D eigenvalue weighted by Gasteiger charge is 2.35. The number of aromatic nitrogens is 2. The number of hydrogen-bond donors (Lipinski definition) is 2. The van der Waals surface area contributed by atoms with E-state index in [-0.39, 0.29) is 37.1 Å². The number of amides is 1. The van der Waals surface area contributed by atoms with E-state index in [9.17, 15) is 23.1 Å². The first-order valence-electron chi connectivity index (χ1n) is 15.4. The summed E-state index contributed by atoms with van der Waals surface area (Å²) >= 11 is 0. The summed E-state index contributed by atoms with van der Waals surface area (Å²) in [5.41, 5.74) is 3.22. The summed E-state index contributed by atoms with van der Waals surface area (Å²) in [5, 5.41) is 10.2. The van der Waals surface area contributed by atoms with E-state index in [2.05, 4.69) is 26.7 Å². The zero-order chi connectivity index (χ0) is 31.7. The molecule has 0 unspecified atom stereocenters. The van der Waals surface area contributed by atoms with Crippen molar-refractivity contribution in [1.29, 1.82) is 0 Å². The van der Waals surface area contributed by atoms with Gasteiger partial charge in [0.05, 0.1) is 30.0 Å². The third-order valence-electron chi connectivity index (χ3n) is 9.06. The maximum absolute atomic E-state index is 14.2. The van der Waals surface area contributed by atoms with E-state index < -0.39 is 11.7 Å². The van der Waals surface area contributed by atoms with Crippen LogP contribution in [0.25, 0.3) is 11.0 Å². The zero-order valence-electron chi connectivity index (χ0n) is 25.5. The predicted molar refractivity (Wildman–Crippen MR) is 165 cm³/mol. The second-order valence-electron chi connectivity index (χ2n) is 11.9. The van der Waals surface area contributed by atoms with Crippen molar-refractivity contribution >= 4 is 16.9 Å². The SMILES string of the molecule is CCN1CCN(Cc2ccc(CC(=O)N3CCc4ccc(Oc5ccnc6[nH]c(CO)cc56)cc4[C@@H]3C)cc2C(F)(F)F)CC1. The lowest BCUT2D eigenvalue weighted by atomic mass is 9.92. The van der Waals surface area contributed by atoms with Gasteiger partial charge in [0.25, 0.3) is 0 Å². The number of fused-ring (bicyclic) bond motifs is 2. The molecule has 0 radical (unpaired) electrons. The number of ether oxygens (including phenoxy) is 1. The molecule has 1 fully saturated rings. The molecule has 45 heavy (non-hydrogen) atoms. The van der Waals surface area contributed by atoms with Gasteiger partial charge in [-0.25, -0.2) is 4.98 Å². The molecule has 2 aromatic heterocycles. The van der Waals surface area contributed by atoms with Crippen molar-refractivity contribution in [1.82, 2.24) is 24.7 Å². The molecule has 2 N–H and O–H groups in total. The molecule has 6 rings (SSSR count). The van der Waals surface area contributed by atoms with Crippen LogP contribution in [0.15, 0.2) is 54.7 Å². The summed E-state index contributed by atoms with van der Waals surface area (Å²) < 4.78 is 48.7. The topological polar surface area (TPSA) is 84.9 Å². The van der Waals surface area contributed by atoms with E-state index >= 15 is 0 Å². The van der Waals surface area contributed by atoms with Crippen molar-refractivity contribution in [2.24, 2.45) is 0 Å². The number of hydrogen-bond acceptors (Lipinski definition) is 6. The Hall–Kier alpha value is -3.93. The van der Waals surface area contributed by atoms with Crippen LogP contribution in [0.2, 0.25) is 0 Å². The molecule has 0 saturated carbocycles. The van der Waals surface area contributed by atoms with Crippen LogP contribution in [0.3, 0.4) is 0 Å². The monoisotopic (exact) mass is 621 g/mol. The van der Waals surface area contributed by atoms with Crippen LogP contribution in [0.1, 0.15) is 53.4 Å². The number of nitrogens with one attached hydrogen (secondary N) is 1. The van der Waals surface area contributed by atoms with Crippen LogP contribution >= 0.6 is 0 Å². The van der Waals surface area contributed by atoms with E-state index in [1.54, 1.807) is 35.4 Å². The van der Waals surface area contributed by atoms with Crippen molar-refractivity contribution in [2.45, 2.75) is 52.1 Å². The molecule has 2 aromatic carbocycles. The first kappa shape index (κ1) is 31.1. The van der Waals surface area contributed by atoms with Crippen molar-refractivity contribution in [3.63, 3.8) is 0 Å². The number of alkyl halides is 3. The van der Waals surface area contributed by atoms with E-state index in [0.29, 0.717) is 41.4 Å². The molecule has 2 aliphatic rings. The second kappa shape index (κ2) is 12.8. The number of piperazine rings is 1. The zero-order valence-corrected chi connectivity index (χ0v) is 25.5. The Labute approximate surface area is 260 Å². The maximum atomic E-state index is 14.2. The highest BCUT2D eigenvalue weighted by molar-refractivity contribution is 5.83. The minimum absolute atomic E-state index is 0.107. The van der Waals surface area contributed by atoms with Crippen molar-refractivity contribution < 1.29 is 27.8 Å². The molecule has 4 aromatic rings. The second-order valence-corrected chi connectivity index (χ2v) is 11.9. The molecule has 2 aliphatic heterocycles. The molecule has 0 spiro atoms. The highest BCUT2D eigenvalue weighted by Crippen LogP contribution is 2.37. The number of carbonyl (C=O) groups excluding carboxylic acids is 1. The summed E-state index contributed by atoms with van der Waals surface area (Å²) in [6.45, 7) is 8.71. The van der Waals surface area contributed by atoms with Crippen molar-refractivity contribution in [3.8, 4) is 11.5 Å². The number of pyridine rings is 1. The lowest BCUT2D eigenvalue weighted by molar-refractivity contribution is -0.139. The quantitative estimate of drug-likeness (QED) is 0.263. The third kappa shape index (κ3) is 6.70. The van der Waals surface area contributed by atoms with E-state index in [1.807, 2.05) is 25.1 Å². The number of aliphatic hydroxyl groups is 1. The minimum atomic E-state index is -4.51. The number of nitrogens with zero attached hydrogens (tertiary/aromatic N) is 4. The Balaban J connectivity index is 1.16. The largest absolute Gasteiger partial charge is 0.457 e. The number of H-pyrrole nitrogens is 1. The van der Waals surface area contributed by atoms with Crippen LogP contribution in [0, 0.1) is 0 Å². The van der Waals surface area contributed by atoms with Gasteiger partial charge in [0.2, 0.25) is 5.91 Å². The van der Waals surface area contributed by atoms with Crippen LogP contribution in [0.4, 0.5) is 13.2 Å². The highest BCUT2D eigenvalue weighted by atomic mass is 19.4. The Morgan fingerprint density at radius 3 is 2.56 bits per heavy atom. The number of halogens is 3. The average molecular weight is 622 g/mol. The van der Waals surface area contributed by atoms with Gasteiger partial charge >= 0.3 is 6.18 Å². The van der Waals surface area contributed by atoms with Crippen molar-refractivity contribution in [2.75, 3.05) is 39.3 Å². The minimum Gasteiger partial charge on any atom is -0.457 e. The molecule has 238 valence electrons. The summed E-state index contributed by atoms with van der Waals surface area (Å²) in [6.07, 6.45) is -2.35. The first-order valence-corrected chi connectivity index (χ1v) is 15.4. The molecule has 0 bridgehead atoms. The van der Waals surface area contributed by atoms with Gasteiger partial charge in [-0.05, 0) is 72.5 Å². The van der Waals surface area contributed by atoms with Gasteiger partial charge in [-0.2, -0.15) is 13.2 Å². The van der Waals surface area contributed by atoms with Crippen molar-refractivity contribution in [3.05, 3.63) is 88.2 Å². The number of benzene rings is 2.